The Morgan fingerprint density at radius 1 is 1.36 bits per heavy atom. The van der Waals surface area contributed by atoms with Gasteiger partial charge in [0.05, 0.1) is 0 Å². The first-order valence-electron chi connectivity index (χ1n) is 7.28. The molecule has 0 radical (unpaired) electrons. The number of hydrogen-bond donors (Lipinski definition) is 3. The largest absolute Gasteiger partial charge is 0.353 e. The van der Waals surface area contributed by atoms with E-state index in [0.29, 0.717) is 19.5 Å². The molecule has 4 N–H and O–H groups in total. The van der Waals surface area contributed by atoms with Crippen molar-refractivity contribution in [3.05, 3.63) is 35.4 Å². The molecule has 1 aliphatic heterocycles. The van der Waals surface area contributed by atoms with Crippen LogP contribution >= 0.6 is 0 Å². The van der Waals surface area contributed by atoms with Crippen LogP contribution in [0, 0.1) is 0 Å². The minimum atomic E-state index is -1.01. The third-order valence-electron chi connectivity index (χ3n) is 4.19. The Bertz CT molecular complexity index is 645. The van der Waals surface area contributed by atoms with Gasteiger partial charge in [-0.3, -0.25) is 14.5 Å². The van der Waals surface area contributed by atoms with Crippen LogP contribution in [0.15, 0.2) is 24.3 Å². The molecule has 1 unspecified atom stereocenters. The number of rotatable bonds is 4. The van der Waals surface area contributed by atoms with Gasteiger partial charge in [-0.05, 0) is 24.0 Å². The summed E-state index contributed by atoms with van der Waals surface area (Å²) in [5.41, 5.74) is 6.19. The number of benzene rings is 1. The number of imide groups is 1. The molecule has 0 aromatic heterocycles. The summed E-state index contributed by atoms with van der Waals surface area (Å²) in [6, 6.07) is 7.06. The van der Waals surface area contributed by atoms with Crippen molar-refractivity contribution in [2.24, 2.45) is 5.73 Å². The van der Waals surface area contributed by atoms with Gasteiger partial charge in [-0.25, -0.2) is 4.79 Å². The molecule has 1 aromatic rings. The highest BCUT2D eigenvalue weighted by Crippen LogP contribution is 2.41. The van der Waals surface area contributed by atoms with Gasteiger partial charge in [0.2, 0.25) is 5.91 Å². The highest BCUT2D eigenvalue weighted by Gasteiger charge is 2.55. The van der Waals surface area contributed by atoms with E-state index in [-0.39, 0.29) is 12.5 Å². The number of amides is 4. The molecule has 7 heteroatoms. The van der Waals surface area contributed by atoms with Crippen LogP contribution < -0.4 is 16.4 Å². The summed E-state index contributed by atoms with van der Waals surface area (Å²) in [6.07, 6.45) is 1.26. The van der Waals surface area contributed by atoms with Crippen molar-refractivity contribution in [1.29, 1.82) is 0 Å². The molecular formula is C15H18N4O3. The van der Waals surface area contributed by atoms with E-state index in [9.17, 15) is 14.4 Å². The molecule has 0 bridgehead atoms. The summed E-state index contributed by atoms with van der Waals surface area (Å²) in [5.74, 6) is -0.748. The van der Waals surface area contributed by atoms with Crippen molar-refractivity contribution in [2.45, 2.75) is 18.4 Å². The fourth-order valence-corrected chi connectivity index (χ4v) is 3.14. The summed E-state index contributed by atoms with van der Waals surface area (Å²) in [4.78, 5) is 37.6. The Morgan fingerprint density at radius 2 is 2.14 bits per heavy atom. The van der Waals surface area contributed by atoms with Crippen molar-refractivity contribution in [3.63, 3.8) is 0 Å². The second-order valence-electron chi connectivity index (χ2n) is 5.52. The van der Waals surface area contributed by atoms with Gasteiger partial charge in [0, 0.05) is 13.1 Å². The van der Waals surface area contributed by atoms with Crippen LogP contribution in [0.5, 0.6) is 0 Å². The van der Waals surface area contributed by atoms with Crippen LogP contribution in [0.2, 0.25) is 0 Å². The maximum atomic E-state index is 12.7. The Balaban J connectivity index is 1.82. The minimum absolute atomic E-state index is 0.283. The predicted octanol–water partition coefficient (Wildman–Crippen LogP) is -0.545. The molecule has 3 rings (SSSR count). The number of nitrogens with zero attached hydrogens (tertiary/aromatic N) is 1. The van der Waals surface area contributed by atoms with E-state index in [1.54, 1.807) is 0 Å². The summed E-state index contributed by atoms with van der Waals surface area (Å²) in [5, 5.41) is 5.34. The van der Waals surface area contributed by atoms with Crippen molar-refractivity contribution in [3.8, 4) is 0 Å². The Labute approximate surface area is 127 Å². The fourth-order valence-electron chi connectivity index (χ4n) is 3.14. The van der Waals surface area contributed by atoms with Crippen molar-refractivity contribution >= 4 is 17.8 Å². The molecule has 1 saturated heterocycles. The number of carbonyl (C=O) groups is 3. The lowest BCUT2D eigenvalue weighted by atomic mass is 9.92. The van der Waals surface area contributed by atoms with Gasteiger partial charge in [-0.2, -0.15) is 0 Å². The second kappa shape index (κ2) is 5.42. The standard InChI is InChI=1S/C15H18N4O3/c16-7-8-17-12(20)9-19-13(21)15(18-14(19)22)6-5-10-3-1-2-4-11(10)15/h1-4H,5-9,16H2,(H,17,20)(H,18,22). The SMILES string of the molecule is NCCNC(=O)CN1C(=O)NC2(CCc3ccccc32)C1=O. The number of hydrogen-bond acceptors (Lipinski definition) is 4. The molecule has 0 saturated carbocycles. The third-order valence-corrected chi connectivity index (χ3v) is 4.19. The fraction of sp³-hybridized carbons (Fsp3) is 0.400. The first kappa shape index (κ1) is 14.5. The lowest BCUT2D eigenvalue weighted by Crippen LogP contribution is -2.44. The van der Waals surface area contributed by atoms with Gasteiger partial charge in [0.25, 0.3) is 5.91 Å². The molecule has 1 aliphatic carbocycles. The summed E-state index contributed by atoms with van der Waals surface area (Å²) >= 11 is 0. The number of aryl methyl sites for hydroxylation is 1. The first-order valence-corrected chi connectivity index (χ1v) is 7.28. The van der Waals surface area contributed by atoms with Gasteiger partial charge < -0.3 is 16.4 Å². The van der Waals surface area contributed by atoms with Crippen LogP contribution in [0.4, 0.5) is 4.79 Å². The Morgan fingerprint density at radius 3 is 2.91 bits per heavy atom. The Hall–Kier alpha value is -2.41. The summed E-state index contributed by atoms with van der Waals surface area (Å²) in [7, 11) is 0. The van der Waals surface area contributed by atoms with Crippen LogP contribution in [-0.2, 0) is 21.5 Å². The average Bonchev–Trinajstić information content (AvgIpc) is 3.00. The lowest BCUT2D eigenvalue weighted by molar-refractivity contribution is -0.135. The summed E-state index contributed by atoms with van der Waals surface area (Å²) < 4.78 is 0. The number of urea groups is 1. The summed E-state index contributed by atoms with van der Waals surface area (Å²) in [6.45, 7) is 0.342. The van der Waals surface area contributed by atoms with Crippen LogP contribution in [-0.4, -0.2) is 42.4 Å². The van der Waals surface area contributed by atoms with Crippen LogP contribution in [0.3, 0.4) is 0 Å². The molecule has 22 heavy (non-hydrogen) atoms. The molecule has 1 spiro atoms. The molecule has 2 aliphatic rings. The molecule has 1 aromatic carbocycles. The predicted molar refractivity (Wildman–Crippen MR) is 78.7 cm³/mol. The molecule has 1 fully saturated rings. The van der Waals surface area contributed by atoms with E-state index in [2.05, 4.69) is 10.6 Å². The van der Waals surface area contributed by atoms with Gasteiger partial charge >= 0.3 is 6.03 Å². The minimum Gasteiger partial charge on any atom is -0.353 e. The zero-order valence-corrected chi connectivity index (χ0v) is 12.1. The highest BCUT2D eigenvalue weighted by molar-refractivity contribution is 6.09. The van der Waals surface area contributed by atoms with E-state index in [1.807, 2.05) is 24.3 Å². The molecule has 4 amide bonds. The zero-order chi connectivity index (χ0) is 15.7. The topological polar surface area (TPSA) is 105 Å². The number of nitrogens with two attached hydrogens (primary N) is 1. The quantitative estimate of drug-likeness (QED) is 0.649. The monoisotopic (exact) mass is 302 g/mol. The smallest absolute Gasteiger partial charge is 0.325 e. The number of carbonyl (C=O) groups excluding carboxylic acids is 3. The van der Waals surface area contributed by atoms with Gasteiger partial charge in [-0.1, -0.05) is 24.3 Å². The van der Waals surface area contributed by atoms with E-state index < -0.39 is 17.5 Å². The van der Waals surface area contributed by atoms with Crippen molar-refractivity contribution in [2.75, 3.05) is 19.6 Å². The molecule has 1 atom stereocenters. The van der Waals surface area contributed by atoms with E-state index in [1.165, 1.54) is 0 Å². The normalized spacial score (nSPS) is 22.9. The van der Waals surface area contributed by atoms with E-state index in [4.69, 9.17) is 5.73 Å². The van der Waals surface area contributed by atoms with Gasteiger partial charge in [-0.15, -0.1) is 0 Å². The lowest BCUT2D eigenvalue weighted by Gasteiger charge is -2.22. The molecule has 1 heterocycles. The maximum Gasteiger partial charge on any atom is 0.325 e. The number of fused-ring (bicyclic) bond motifs is 2. The third kappa shape index (κ3) is 2.14. The van der Waals surface area contributed by atoms with Crippen molar-refractivity contribution < 1.29 is 14.4 Å². The molecular weight excluding hydrogens is 284 g/mol. The molecule has 7 nitrogen and oxygen atoms in total. The second-order valence-corrected chi connectivity index (χ2v) is 5.52. The van der Waals surface area contributed by atoms with Crippen LogP contribution in [0.25, 0.3) is 0 Å². The maximum absolute atomic E-state index is 12.7. The van der Waals surface area contributed by atoms with E-state index >= 15 is 0 Å². The van der Waals surface area contributed by atoms with Gasteiger partial charge in [0.15, 0.2) is 0 Å². The molecule has 116 valence electrons. The zero-order valence-electron chi connectivity index (χ0n) is 12.1. The average molecular weight is 302 g/mol. The first-order chi connectivity index (χ1) is 10.6. The van der Waals surface area contributed by atoms with Crippen molar-refractivity contribution in [1.82, 2.24) is 15.5 Å². The number of nitrogens with one attached hydrogen (secondary N) is 2. The highest BCUT2D eigenvalue weighted by atomic mass is 16.2. The Kier molecular flexibility index (Phi) is 3.58. The van der Waals surface area contributed by atoms with Crippen LogP contribution in [0.1, 0.15) is 17.5 Å². The van der Waals surface area contributed by atoms with E-state index in [0.717, 1.165) is 22.4 Å². The van der Waals surface area contributed by atoms with Gasteiger partial charge in [0.1, 0.15) is 12.1 Å².